The summed E-state index contributed by atoms with van der Waals surface area (Å²) in [5.74, 6) is 1.92. The third-order valence-corrected chi connectivity index (χ3v) is 4.95. The van der Waals surface area contributed by atoms with Gasteiger partial charge in [0.1, 0.15) is 18.1 Å². The van der Waals surface area contributed by atoms with Gasteiger partial charge in [-0.25, -0.2) is 4.68 Å². The van der Waals surface area contributed by atoms with Crippen LogP contribution in [-0.2, 0) is 17.9 Å². The second-order valence-corrected chi connectivity index (χ2v) is 9.15. The maximum Gasteiger partial charge on any atom is 0.277 e. The Balaban J connectivity index is 1.42. The van der Waals surface area contributed by atoms with Crippen molar-refractivity contribution in [1.29, 1.82) is 0 Å². The highest BCUT2D eigenvalue weighted by Gasteiger charge is 2.10. The van der Waals surface area contributed by atoms with E-state index in [1.54, 1.807) is 16.4 Å². The zero-order valence-corrected chi connectivity index (χ0v) is 18.8. The van der Waals surface area contributed by atoms with Crippen molar-refractivity contribution in [3.8, 4) is 17.2 Å². The Labute approximate surface area is 181 Å². The van der Waals surface area contributed by atoms with Gasteiger partial charge < -0.3 is 13.9 Å². The molecule has 0 aliphatic heterocycles. The molecule has 30 heavy (non-hydrogen) atoms. The first-order valence-electron chi connectivity index (χ1n) is 10.2. The molecule has 8 nitrogen and oxygen atoms in total. The molecule has 2 heterocycles. The molecular weight excluding hydrogens is 402 g/mol. The highest BCUT2D eigenvalue weighted by Crippen LogP contribution is 2.26. The molecule has 9 heteroatoms. The normalized spacial score (nSPS) is 11.5. The Morgan fingerprint density at radius 2 is 1.83 bits per heavy atom. The lowest BCUT2D eigenvalue weighted by Crippen LogP contribution is -2.08. The average Bonchev–Trinajstić information content (AvgIpc) is 3.35. The summed E-state index contributed by atoms with van der Waals surface area (Å²) < 4.78 is 18.9. The molecule has 3 rings (SSSR count). The van der Waals surface area contributed by atoms with Gasteiger partial charge in [-0.2, -0.15) is 0 Å². The maximum absolute atomic E-state index is 5.80. The molecule has 3 aromatic rings. The number of hydrogen-bond donors (Lipinski definition) is 0. The summed E-state index contributed by atoms with van der Waals surface area (Å²) in [7, 11) is 0. The molecule has 0 spiro atoms. The molecule has 0 atom stereocenters. The second kappa shape index (κ2) is 11.1. The van der Waals surface area contributed by atoms with Gasteiger partial charge in [0.15, 0.2) is 0 Å². The van der Waals surface area contributed by atoms with Gasteiger partial charge >= 0.3 is 0 Å². The number of benzene rings is 1. The molecule has 0 saturated heterocycles. The van der Waals surface area contributed by atoms with Crippen LogP contribution in [0.25, 0.3) is 11.5 Å². The van der Waals surface area contributed by atoms with E-state index in [1.807, 2.05) is 30.5 Å². The lowest BCUT2D eigenvalue weighted by Gasteiger charge is -2.06. The maximum atomic E-state index is 5.80. The van der Waals surface area contributed by atoms with Crippen LogP contribution in [0.2, 0.25) is 0 Å². The van der Waals surface area contributed by atoms with Crippen molar-refractivity contribution in [1.82, 2.24) is 25.2 Å². The van der Waals surface area contributed by atoms with Crippen LogP contribution in [0.1, 0.15) is 39.8 Å². The Hall–Kier alpha value is -2.39. The minimum Gasteiger partial charge on any atom is -0.492 e. The van der Waals surface area contributed by atoms with E-state index in [9.17, 15) is 0 Å². The Morgan fingerprint density at radius 1 is 1.03 bits per heavy atom. The van der Waals surface area contributed by atoms with Gasteiger partial charge in [0.25, 0.3) is 5.22 Å². The van der Waals surface area contributed by atoms with E-state index in [0.717, 1.165) is 30.0 Å². The van der Waals surface area contributed by atoms with Gasteiger partial charge in [-0.15, -0.1) is 15.3 Å². The summed E-state index contributed by atoms with van der Waals surface area (Å²) >= 11 is 1.55. The third kappa shape index (κ3) is 7.14. The quantitative estimate of drug-likeness (QED) is 0.307. The van der Waals surface area contributed by atoms with Crippen LogP contribution in [0, 0.1) is 5.92 Å². The minimum absolute atomic E-state index is 0.396. The Bertz CT molecular complexity index is 892. The zero-order valence-electron chi connectivity index (χ0n) is 17.9. The van der Waals surface area contributed by atoms with E-state index >= 15 is 0 Å². The fraction of sp³-hybridized carbons (Fsp3) is 0.524. The van der Waals surface area contributed by atoms with Crippen LogP contribution in [-0.4, -0.2) is 43.7 Å². The predicted octanol–water partition coefficient (Wildman–Crippen LogP) is 4.47. The molecule has 2 aromatic heterocycles. The highest BCUT2D eigenvalue weighted by atomic mass is 32.2. The van der Waals surface area contributed by atoms with E-state index in [-0.39, 0.29) is 0 Å². The smallest absolute Gasteiger partial charge is 0.277 e. The molecule has 0 N–H and O–H groups in total. The van der Waals surface area contributed by atoms with E-state index in [4.69, 9.17) is 13.9 Å². The van der Waals surface area contributed by atoms with Crippen LogP contribution < -0.4 is 4.74 Å². The van der Waals surface area contributed by atoms with Crippen LogP contribution in [0.3, 0.4) is 0 Å². The first-order valence-corrected chi connectivity index (χ1v) is 11.1. The van der Waals surface area contributed by atoms with Gasteiger partial charge in [0, 0.05) is 17.4 Å². The molecular formula is C21H29N5O3S. The van der Waals surface area contributed by atoms with Crippen LogP contribution in [0.5, 0.6) is 5.75 Å². The van der Waals surface area contributed by atoms with Crippen LogP contribution in [0.15, 0.2) is 40.1 Å². The lowest BCUT2D eigenvalue weighted by atomic mass is 10.1. The van der Waals surface area contributed by atoms with Crippen molar-refractivity contribution in [3.63, 3.8) is 0 Å². The molecule has 0 aliphatic carbocycles. The lowest BCUT2D eigenvalue weighted by molar-refractivity contribution is 0.108. The Kier molecular flexibility index (Phi) is 8.27. The average molecular weight is 432 g/mol. The second-order valence-electron chi connectivity index (χ2n) is 7.62. The van der Waals surface area contributed by atoms with Crippen molar-refractivity contribution < 1.29 is 13.9 Å². The summed E-state index contributed by atoms with van der Waals surface area (Å²) in [4.78, 5) is 0. The molecule has 162 valence electrons. The number of nitrogens with zero attached hydrogens (tertiary/aromatic N) is 5. The van der Waals surface area contributed by atoms with Gasteiger partial charge in [-0.05, 0) is 36.6 Å². The summed E-state index contributed by atoms with van der Waals surface area (Å²) in [6.45, 7) is 10.9. The Morgan fingerprint density at radius 3 is 2.57 bits per heavy atom. The molecule has 0 unspecified atom stereocenters. The zero-order chi connectivity index (χ0) is 21.3. The van der Waals surface area contributed by atoms with E-state index in [2.05, 4.69) is 48.2 Å². The van der Waals surface area contributed by atoms with Crippen molar-refractivity contribution in [2.24, 2.45) is 5.92 Å². The van der Waals surface area contributed by atoms with Crippen molar-refractivity contribution in [3.05, 3.63) is 36.2 Å². The van der Waals surface area contributed by atoms with Crippen LogP contribution >= 0.6 is 11.8 Å². The standard InChI is InChI=1S/C21H29N5O3S/c1-15(2)9-11-27-14-18-13-26(25-22-18)10-12-28-19-7-5-17(6-8-19)20-23-24-21(29-20)30-16(3)4/h5-8,13,15-16H,9-12,14H2,1-4H3. The number of thioether (sulfide) groups is 1. The predicted molar refractivity (Wildman–Crippen MR) is 115 cm³/mol. The summed E-state index contributed by atoms with van der Waals surface area (Å²) in [5, 5.41) is 17.4. The molecule has 0 radical (unpaired) electrons. The summed E-state index contributed by atoms with van der Waals surface area (Å²) in [6, 6.07) is 7.61. The molecule has 0 bridgehead atoms. The van der Waals surface area contributed by atoms with E-state index < -0.39 is 0 Å². The fourth-order valence-corrected chi connectivity index (χ4v) is 3.15. The first kappa shape index (κ1) is 22.3. The monoisotopic (exact) mass is 431 g/mol. The molecule has 1 aromatic carbocycles. The van der Waals surface area contributed by atoms with E-state index in [1.165, 1.54) is 0 Å². The van der Waals surface area contributed by atoms with Gasteiger partial charge in [0.05, 0.1) is 19.3 Å². The van der Waals surface area contributed by atoms with Gasteiger partial charge in [0.2, 0.25) is 5.89 Å². The van der Waals surface area contributed by atoms with Crippen molar-refractivity contribution in [2.75, 3.05) is 13.2 Å². The largest absolute Gasteiger partial charge is 0.492 e. The number of hydrogen-bond acceptors (Lipinski definition) is 8. The first-order chi connectivity index (χ1) is 14.5. The number of rotatable bonds is 12. The van der Waals surface area contributed by atoms with E-state index in [0.29, 0.717) is 42.0 Å². The fourth-order valence-electron chi connectivity index (χ4n) is 2.54. The molecule has 0 fully saturated rings. The van der Waals surface area contributed by atoms with Gasteiger partial charge in [-0.1, -0.05) is 44.7 Å². The molecule has 0 aliphatic rings. The topological polar surface area (TPSA) is 88.1 Å². The summed E-state index contributed by atoms with van der Waals surface area (Å²) in [5.41, 5.74) is 1.70. The van der Waals surface area contributed by atoms with Crippen molar-refractivity contribution in [2.45, 2.75) is 57.7 Å². The van der Waals surface area contributed by atoms with Crippen molar-refractivity contribution >= 4 is 11.8 Å². The molecule has 0 saturated carbocycles. The highest BCUT2D eigenvalue weighted by molar-refractivity contribution is 7.99. The third-order valence-electron chi connectivity index (χ3n) is 4.11. The minimum atomic E-state index is 0.396. The number of aromatic nitrogens is 5. The van der Waals surface area contributed by atoms with Crippen LogP contribution in [0.4, 0.5) is 0 Å². The van der Waals surface area contributed by atoms with Gasteiger partial charge in [-0.3, -0.25) is 0 Å². The molecule has 0 amide bonds. The summed E-state index contributed by atoms with van der Waals surface area (Å²) in [6.07, 6.45) is 2.94. The SMILES string of the molecule is CC(C)CCOCc1cn(CCOc2ccc(-c3nnc(SC(C)C)o3)cc2)nn1. The number of ether oxygens (including phenoxy) is 2.